The second kappa shape index (κ2) is 4.87. The van der Waals surface area contributed by atoms with Gasteiger partial charge in [0, 0.05) is 24.7 Å². The smallest absolute Gasteiger partial charge is 0.0223 e. The molecule has 0 radical (unpaired) electrons. The minimum atomic E-state index is 0.480. The number of likely N-dealkylation sites (tertiary alicyclic amines) is 1. The van der Waals surface area contributed by atoms with Gasteiger partial charge in [-0.3, -0.25) is 4.90 Å². The van der Waals surface area contributed by atoms with Crippen molar-refractivity contribution in [2.24, 2.45) is 11.7 Å². The van der Waals surface area contributed by atoms with Crippen LogP contribution in [-0.2, 0) is 0 Å². The molecule has 3 unspecified atom stereocenters. The van der Waals surface area contributed by atoms with Crippen molar-refractivity contribution < 1.29 is 0 Å². The summed E-state index contributed by atoms with van der Waals surface area (Å²) in [5.74, 6) is 0.862. The Morgan fingerprint density at radius 1 is 1.12 bits per heavy atom. The number of rotatable bonds is 4. The summed E-state index contributed by atoms with van der Waals surface area (Å²) in [5, 5.41) is 0. The lowest BCUT2D eigenvalue weighted by molar-refractivity contribution is 0.213. The zero-order valence-corrected chi connectivity index (χ0v) is 11.1. The highest BCUT2D eigenvalue weighted by molar-refractivity contribution is 4.91. The SMILES string of the molecule is CN1C2CCC1CN(CCC(N)C1CC1)CC2. The molecule has 1 aliphatic carbocycles. The highest BCUT2D eigenvalue weighted by atomic mass is 15.3. The summed E-state index contributed by atoms with van der Waals surface area (Å²) >= 11 is 0. The summed E-state index contributed by atoms with van der Waals surface area (Å²) in [6.07, 6.45) is 8.18. The van der Waals surface area contributed by atoms with Crippen LogP contribution in [0.3, 0.4) is 0 Å². The first-order chi connectivity index (χ1) is 8.24. The molecule has 3 heteroatoms. The van der Waals surface area contributed by atoms with Crippen molar-refractivity contribution in [1.29, 1.82) is 0 Å². The monoisotopic (exact) mass is 237 g/mol. The fourth-order valence-corrected chi connectivity index (χ4v) is 3.67. The van der Waals surface area contributed by atoms with E-state index in [1.807, 2.05) is 0 Å². The zero-order chi connectivity index (χ0) is 11.8. The number of nitrogens with two attached hydrogens (primary N) is 1. The topological polar surface area (TPSA) is 32.5 Å². The van der Waals surface area contributed by atoms with Gasteiger partial charge in [-0.05, 0) is 64.6 Å². The number of likely N-dealkylation sites (N-methyl/N-ethyl adjacent to an activating group) is 1. The molecule has 2 bridgehead atoms. The van der Waals surface area contributed by atoms with Crippen LogP contribution in [0, 0.1) is 5.92 Å². The molecule has 2 N–H and O–H groups in total. The van der Waals surface area contributed by atoms with E-state index in [2.05, 4.69) is 16.8 Å². The third-order valence-corrected chi connectivity index (χ3v) is 5.24. The van der Waals surface area contributed by atoms with Crippen LogP contribution in [0.4, 0.5) is 0 Å². The number of hydrogen-bond donors (Lipinski definition) is 1. The third kappa shape index (κ3) is 2.67. The predicted octanol–water partition coefficient (Wildman–Crippen LogP) is 1.28. The molecule has 0 spiro atoms. The van der Waals surface area contributed by atoms with E-state index in [4.69, 9.17) is 5.73 Å². The van der Waals surface area contributed by atoms with Gasteiger partial charge >= 0.3 is 0 Å². The van der Waals surface area contributed by atoms with E-state index in [0.717, 1.165) is 18.0 Å². The molecule has 3 nitrogen and oxygen atoms in total. The van der Waals surface area contributed by atoms with Crippen LogP contribution in [-0.4, -0.2) is 54.6 Å². The van der Waals surface area contributed by atoms with E-state index in [1.165, 1.54) is 58.2 Å². The van der Waals surface area contributed by atoms with E-state index in [1.54, 1.807) is 0 Å². The normalized spacial score (nSPS) is 37.1. The molecule has 0 amide bonds. The molecule has 3 fully saturated rings. The van der Waals surface area contributed by atoms with E-state index in [0.29, 0.717) is 6.04 Å². The molecule has 2 heterocycles. The molecule has 2 aliphatic heterocycles. The van der Waals surface area contributed by atoms with Crippen LogP contribution < -0.4 is 5.73 Å². The summed E-state index contributed by atoms with van der Waals surface area (Å²) in [7, 11) is 2.32. The fourth-order valence-electron chi connectivity index (χ4n) is 3.67. The van der Waals surface area contributed by atoms with Gasteiger partial charge in [-0.15, -0.1) is 0 Å². The first-order valence-corrected chi connectivity index (χ1v) is 7.44. The highest BCUT2D eigenvalue weighted by Crippen LogP contribution is 2.33. The Balaban J connectivity index is 1.47. The van der Waals surface area contributed by atoms with Gasteiger partial charge < -0.3 is 10.6 Å². The first kappa shape index (κ1) is 11.9. The van der Waals surface area contributed by atoms with Crippen LogP contribution >= 0.6 is 0 Å². The molecule has 0 aromatic carbocycles. The van der Waals surface area contributed by atoms with Gasteiger partial charge in [-0.2, -0.15) is 0 Å². The van der Waals surface area contributed by atoms with Crippen molar-refractivity contribution >= 4 is 0 Å². The molecule has 3 rings (SSSR count). The molecule has 0 aromatic heterocycles. The molecular formula is C14H27N3. The van der Waals surface area contributed by atoms with E-state index >= 15 is 0 Å². The lowest BCUT2D eigenvalue weighted by Gasteiger charge is -2.26. The van der Waals surface area contributed by atoms with E-state index < -0.39 is 0 Å². The average Bonchev–Trinajstić information content (AvgIpc) is 3.07. The van der Waals surface area contributed by atoms with Gasteiger partial charge in [0.2, 0.25) is 0 Å². The van der Waals surface area contributed by atoms with Crippen molar-refractivity contribution in [2.45, 2.75) is 56.7 Å². The van der Waals surface area contributed by atoms with Crippen LogP contribution in [0.25, 0.3) is 0 Å². The van der Waals surface area contributed by atoms with Gasteiger partial charge in [0.15, 0.2) is 0 Å². The van der Waals surface area contributed by atoms with Crippen LogP contribution in [0.15, 0.2) is 0 Å². The number of hydrogen-bond acceptors (Lipinski definition) is 3. The highest BCUT2D eigenvalue weighted by Gasteiger charge is 2.35. The second-order valence-corrected chi connectivity index (χ2v) is 6.43. The molecule has 3 atom stereocenters. The van der Waals surface area contributed by atoms with E-state index in [9.17, 15) is 0 Å². The van der Waals surface area contributed by atoms with Crippen molar-refractivity contribution in [3.8, 4) is 0 Å². The Kier molecular flexibility index (Phi) is 3.42. The minimum Gasteiger partial charge on any atom is -0.327 e. The van der Waals surface area contributed by atoms with Gasteiger partial charge in [-0.25, -0.2) is 0 Å². The Morgan fingerprint density at radius 3 is 2.65 bits per heavy atom. The summed E-state index contributed by atoms with van der Waals surface area (Å²) in [6.45, 7) is 3.81. The molecule has 98 valence electrons. The zero-order valence-electron chi connectivity index (χ0n) is 11.1. The Morgan fingerprint density at radius 2 is 1.88 bits per heavy atom. The maximum absolute atomic E-state index is 6.20. The Labute approximate surface area is 105 Å². The molecule has 1 saturated carbocycles. The number of nitrogens with zero attached hydrogens (tertiary/aromatic N) is 2. The van der Waals surface area contributed by atoms with Gasteiger partial charge in [-0.1, -0.05) is 0 Å². The van der Waals surface area contributed by atoms with Crippen molar-refractivity contribution in [3.63, 3.8) is 0 Å². The van der Waals surface area contributed by atoms with Crippen molar-refractivity contribution in [1.82, 2.24) is 9.80 Å². The molecule has 17 heavy (non-hydrogen) atoms. The maximum atomic E-state index is 6.20. The average molecular weight is 237 g/mol. The standard InChI is InChI=1S/C14H27N3/c1-16-12-4-5-13(16)10-17(8-6-12)9-7-14(15)11-2-3-11/h11-14H,2-10,15H2,1H3. The van der Waals surface area contributed by atoms with Gasteiger partial charge in [0.1, 0.15) is 0 Å². The summed E-state index contributed by atoms with van der Waals surface area (Å²) < 4.78 is 0. The van der Waals surface area contributed by atoms with Gasteiger partial charge in [0.25, 0.3) is 0 Å². The predicted molar refractivity (Wildman–Crippen MR) is 70.9 cm³/mol. The fraction of sp³-hybridized carbons (Fsp3) is 1.00. The third-order valence-electron chi connectivity index (χ3n) is 5.24. The Bertz CT molecular complexity index is 264. The van der Waals surface area contributed by atoms with Crippen LogP contribution in [0.1, 0.15) is 38.5 Å². The van der Waals surface area contributed by atoms with Gasteiger partial charge in [0.05, 0.1) is 0 Å². The number of fused-ring (bicyclic) bond motifs is 2. The lowest BCUT2D eigenvalue weighted by atomic mass is 10.1. The Hall–Kier alpha value is -0.120. The summed E-state index contributed by atoms with van der Waals surface area (Å²) in [4.78, 5) is 5.30. The quantitative estimate of drug-likeness (QED) is 0.799. The van der Waals surface area contributed by atoms with Crippen molar-refractivity contribution in [3.05, 3.63) is 0 Å². The first-order valence-electron chi connectivity index (χ1n) is 7.44. The largest absolute Gasteiger partial charge is 0.327 e. The van der Waals surface area contributed by atoms with E-state index in [-0.39, 0.29) is 0 Å². The second-order valence-electron chi connectivity index (χ2n) is 6.43. The molecule has 3 aliphatic rings. The van der Waals surface area contributed by atoms with Crippen LogP contribution in [0.2, 0.25) is 0 Å². The summed E-state index contributed by atoms with van der Waals surface area (Å²) in [5.41, 5.74) is 6.20. The van der Waals surface area contributed by atoms with Crippen molar-refractivity contribution in [2.75, 3.05) is 26.7 Å². The molecule has 2 saturated heterocycles. The van der Waals surface area contributed by atoms with Crippen LogP contribution in [0.5, 0.6) is 0 Å². The minimum absolute atomic E-state index is 0.480. The maximum Gasteiger partial charge on any atom is 0.0223 e. The molecular weight excluding hydrogens is 210 g/mol. The molecule has 0 aromatic rings. The summed E-state index contributed by atoms with van der Waals surface area (Å²) in [6, 6.07) is 2.16. The lowest BCUT2D eigenvalue weighted by Crippen LogP contribution is -2.38.